The Bertz CT molecular complexity index is 775. The Morgan fingerprint density at radius 1 is 0.957 bits per heavy atom. The Labute approximate surface area is 139 Å². The summed E-state index contributed by atoms with van der Waals surface area (Å²) in [4.78, 5) is 12.8. The Morgan fingerprint density at radius 2 is 1.65 bits per heavy atom. The number of benzene rings is 1. The van der Waals surface area contributed by atoms with E-state index in [0.717, 1.165) is 22.9 Å². The van der Waals surface area contributed by atoms with Crippen molar-refractivity contribution in [2.45, 2.75) is 13.5 Å². The summed E-state index contributed by atoms with van der Waals surface area (Å²) in [5.74, 6) is 2.20. The van der Waals surface area contributed by atoms with Crippen molar-refractivity contribution in [2.24, 2.45) is 0 Å². The van der Waals surface area contributed by atoms with E-state index in [4.69, 9.17) is 11.6 Å². The zero-order valence-electron chi connectivity index (χ0n) is 12.6. The van der Waals surface area contributed by atoms with E-state index in [1.807, 2.05) is 49.4 Å². The molecule has 0 aliphatic heterocycles. The van der Waals surface area contributed by atoms with E-state index in [2.05, 4.69) is 25.6 Å². The van der Waals surface area contributed by atoms with E-state index in [1.165, 1.54) is 0 Å². The molecule has 0 aliphatic carbocycles. The summed E-state index contributed by atoms with van der Waals surface area (Å²) in [6.07, 6.45) is 3.55. The van der Waals surface area contributed by atoms with E-state index in [0.29, 0.717) is 17.4 Å². The van der Waals surface area contributed by atoms with E-state index in [-0.39, 0.29) is 0 Å². The van der Waals surface area contributed by atoms with Gasteiger partial charge in [-0.15, -0.1) is 0 Å². The van der Waals surface area contributed by atoms with Gasteiger partial charge in [-0.05, 0) is 48.9 Å². The fourth-order valence-electron chi connectivity index (χ4n) is 2.10. The third kappa shape index (κ3) is 4.40. The number of nitrogens with one attached hydrogen (secondary N) is 2. The maximum Gasteiger partial charge on any atom is 0.136 e. The van der Waals surface area contributed by atoms with Gasteiger partial charge in [0.15, 0.2) is 0 Å². The highest BCUT2D eigenvalue weighted by Gasteiger charge is 2.03. The first kappa shape index (κ1) is 15.2. The number of aryl methyl sites for hydroxylation is 1. The Kier molecular flexibility index (Phi) is 4.68. The molecular weight excluding hydrogens is 310 g/mol. The molecule has 3 aromatic rings. The van der Waals surface area contributed by atoms with Crippen molar-refractivity contribution in [3.63, 3.8) is 0 Å². The largest absolute Gasteiger partial charge is 0.366 e. The molecule has 23 heavy (non-hydrogen) atoms. The minimum Gasteiger partial charge on any atom is -0.366 e. The first-order valence-corrected chi connectivity index (χ1v) is 7.58. The molecule has 0 spiro atoms. The van der Waals surface area contributed by atoms with Gasteiger partial charge in [-0.1, -0.05) is 11.6 Å². The normalized spacial score (nSPS) is 10.3. The molecule has 0 unspecified atom stereocenters. The molecular formula is C17H16ClN5. The van der Waals surface area contributed by atoms with Gasteiger partial charge in [-0.25, -0.2) is 9.97 Å². The van der Waals surface area contributed by atoms with E-state index in [1.54, 1.807) is 12.4 Å². The number of pyridine rings is 1. The monoisotopic (exact) mass is 325 g/mol. The smallest absolute Gasteiger partial charge is 0.136 e. The van der Waals surface area contributed by atoms with Crippen LogP contribution >= 0.6 is 11.6 Å². The molecule has 0 aliphatic rings. The molecule has 1 aromatic carbocycles. The molecule has 2 heterocycles. The van der Waals surface area contributed by atoms with Gasteiger partial charge in [0, 0.05) is 35.7 Å². The van der Waals surface area contributed by atoms with E-state index < -0.39 is 0 Å². The molecule has 3 rings (SSSR count). The van der Waals surface area contributed by atoms with Gasteiger partial charge in [-0.2, -0.15) is 0 Å². The molecule has 0 saturated carbocycles. The number of hydrogen-bond acceptors (Lipinski definition) is 5. The third-order valence-corrected chi connectivity index (χ3v) is 3.43. The Balaban J connectivity index is 1.72. The lowest BCUT2D eigenvalue weighted by molar-refractivity contribution is 1.02. The van der Waals surface area contributed by atoms with Crippen LogP contribution in [0.3, 0.4) is 0 Å². The van der Waals surface area contributed by atoms with Crippen LogP contribution in [0.1, 0.15) is 11.4 Å². The summed E-state index contributed by atoms with van der Waals surface area (Å²) in [7, 11) is 0. The van der Waals surface area contributed by atoms with Crippen LogP contribution in [0.15, 0.2) is 54.9 Å². The highest BCUT2D eigenvalue weighted by Crippen LogP contribution is 2.19. The Morgan fingerprint density at radius 3 is 2.39 bits per heavy atom. The van der Waals surface area contributed by atoms with Crippen molar-refractivity contribution in [3.8, 4) is 0 Å². The number of nitrogens with zero attached hydrogens (tertiary/aromatic N) is 3. The standard InChI is InChI=1S/C17H16ClN5/c1-12-21-16(20-11-13-6-8-19-9-7-13)10-17(22-12)23-15-4-2-14(18)3-5-15/h2-10H,11H2,1H3,(H2,20,21,22,23). The molecule has 0 fully saturated rings. The number of aromatic nitrogens is 3. The molecule has 0 atom stereocenters. The average Bonchev–Trinajstić information content (AvgIpc) is 2.56. The first-order chi connectivity index (χ1) is 11.2. The maximum absolute atomic E-state index is 5.90. The van der Waals surface area contributed by atoms with Crippen LogP contribution in [0, 0.1) is 6.92 Å². The van der Waals surface area contributed by atoms with E-state index in [9.17, 15) is 0 Å². The minimum absolute atomic E-state index is 0.680. The van der Waals surface area contributed by atoms with Gasteiger partial charge in [0.25, 0.3) is 0 Å². The molecule has 6 heteroatoms. The molecule has 0 radical (unpaired) electrons. The van der Waals surface area contributed by atoms with Crippen molar-refractivity contribution >= 4 is 28.9 Å². The van der Waals surface area contributed by atoms with Crippen LogP contribution in [0.5, 0.6) is 0 Å². The molecule has 0 bridgehead atoms. The fraction of sp³-hybridized carbons (Fsp3) is 0.118. The second kappa shape index (κ2) is 7.07. The highest BCUT2D eigenvalue weighted by atomic mass is 35.5. The first-order valence-electron chi connectivity index (χ1n) is 7.20. The number of rotatable bonds is 5. The van der Waals surface area contributed by atoms with Crippen LogP contribution in [0.2, 0.25) is 5.02 Å². The van der Waals surface area contributed by atoms with Gasteiger partial charge in [0.2, 0.25) is 0 Å². The van der Waals surface area contributed by atoms with Gasteiger partial charge in [0.1, 0.15) is 17.5 Å². The van der Waals surface area contributed by atoms with Gasteiger partial charge in [0.05, 0.1) is 0 Å². The average molecular weight is 326 g/mol. The van der Waals surface area contributed by atoms with Gasteiger partial charge in [-0.3, -0.25) is 4.98 Å². The minimum atomic E-state index is 0.680. The summed E-state index contributed by atoms with van der Waals surface area (Å²) in [6, 6.07) is 13.3. The van der Waals surface area contributed by atoms with Gasteiger partial charge < -0.3 is 10.6 Å². The molecule has 2 N–H and O–H groups in total. The topological polar surface area (TPSA) is 62.7 Å². The molecule has 0 amide bonds. The van der Waals surface area contributed by atoms with E-state index >= 15 is 0 Å². The van der Waals surface area contributed by atoms with Crippen molar-refractivity contribution in [1.29, 1.82) is 0 Å². The SMILES string of the molecule is Cc1nc(NCc2ccncc2)cc(Nc2ccc(Cl)cc2)n1. The van der Waals surface area contributed by atoms with Crippen LogP contribution < -0.4 is 10.6 Å². The fourth-order valence-corrected chi connectivity index (χ4v) is 2.22. The summed E-state index contributed by atoms with van der Waals surface area (Å²) >= 11 is 5.90. The zero-order valence-corrected chi connectivity index (χ0v) is 13.4. The lowest BCUT2D eigenvalue weighted by Gasteiger charge is -2.10. The lowest BCUT2D eigenvalue weighted by Crippen LogP contribution is -2.05. The lowest BCUT2D eigenvalue weighted by atomic mass is 10.3. The van der Waals surface area contributed by atoms with Crippen molar-refractivity contribution in [2.75, 3.05) is 10.6 Å². The summed E-state index contributed by atoms with van der Waals surface area (Å²) in [5, 5.41) is 7.25. The van der Waals surface area contributed by atoms with Gasteiger partial charge >= 0.3 is 0 Å². The number of halogens is 1. The predicted molar refractivity (Wildman–Crippen MR) is 93.1 cm³/mol. The summed E-state index contributed by atoms with van der Waals surface area (Å²) < 4.78 is 0. The molecule has 0 saturated heterocycles. The maximum atomic E-state index is 5.90. The number of anilines is 3. The predicted octanol–water partition coefficient (Wildman–Crippen LogP) is 4.19. The van der Waals surface area contributed by atoms with Crippen molar-refractivity contribution < 1.29 is 0 Å². The molecule has 2 aromatic heterocycles. The van der Waals surface area contributed by atoms with Crippen LogP contribution in [-0.2, 0) is 6.54 Å². The van der Waals surface area contributed by atoms with Crippen LogP contribution in [0.25, 0.3) is 0 Å². The summed E-state index contributed by atoms with van der Waals surface area (Å²) in [6.45, 7) is 2.55. The number of hydrogen-bond donors (Lipinski definition) is 2. The second-order valence-corrected chi connectivity index (χ2v) is 5.46. The molecule has 5 nitrogen and oxygen atoms in total. The Hall–Kier alpha value is -2.66. The van der Waals surface area contributed by atoms with Crippen molar-refractivity contribution in [1.82, 2.24) is 15.0 Å². The highest BCUT2D eigenvalue weighted by molar-refractivity contribution is 6.30. The quantitative estimate of drug-likeness (QED) is 0.736. The summed E-state index contributed by atoms with van der Waals surface area (Å²) in [5.41, 5.74) is 2.07. The molecule has 116 valence electrons. The third-order valence-electron chi connectivity index (χ3n) is 3.18. The second-order valence-electron chi connectivity index (χ2n) is 5.03. The van der Waals surface area contributed by atoms with Crippen LogP contribution in [-0.4, -0.2) is 15.0 Å². The van der Waals surface area contributed by atoms with Crippen LogP contribution in [0.4, 0.5) is 17.3 Å². The van der Waals surface area contributed by atoms with Crippen molar-refractivity contribution in [3.05, 3.63) is 71.3 Å². The zero-order chi connectivity index (χ0) is 16.1.